The number of hydrogen-bond donors (Lipinski definition) is 2. The molecule has 0 bridgehead atoms. The van der Waals surface area contributed by atoms with Crippen LogP contribution >= 0.6 is 0 Å². The molecule has 76 valence electrons. The average Bonchev–Trinajstić information content (AvgIpc) is 2.59. The van der Waals surface area contributed by atoms with E-state index in [0.717, 1.165) is 5.82 Å². The van der Waals surface area contributed by atoms with Crippen LogP contribution in [0.1, 0.15) is 18.1 Å². The maximum atomic E-state index is 10.8. The van der Waals surface area contributed by atoms with E-state index < -0.39 is 5.97 Å². The Bertz CT molecular complexity index is 347. The molecule has 2 rings (SSSR count). The van der Waals surface area contributed by atoms with Crippen molar-refractivity contribution in [2.24, 2.45) is 11.7 Å². The van der Waals surface area contributed by atoms with Gasteiger partial charge in [-0.2, -0.15) is 0 Å². The fraction of sp³-hybridized carbons (Fsp3) is 0.625. The molecule has 1 aromatic heterocycles. The quantitative estimate of drug-likeness (QED) is 0.657. The molecule has 6 heteroatoms. The molecule has 0 amide bonds. The fourth-order valence-electron chi connectivity index (χ4n) is 1.74. The summed E-state index contributed by atoms with van der Waals surface area (Å²) in [5, 5.41) is 16.7. The number of fused-ring (bicyclic) bond motifs is 1. The first-order valence-corrected chi connectivity index (χ1v) is 4.56. The van der Waals surface area contributed by atoms with Crippen LogP contribution in [0.5, 0.6) is 0 Å². The molecule has 0 saturated heterocycles. The number of carboxylic acid groups (broad SMARTS) is 1. The highest BCUT2D eigenvalue weighted by atomic mass is 16.4. The largest absolute Gasteiger partial charge is 0.481 e. The van der Waals surface area contributed by atoms with Crippen LogP contribution in [0.4, 0.5) is 0 Å². The molecular weight excluding hydrogens is 184 g/mol. The highest BCUT2D eigenvalue weighted by molar-refractivity contribution is 5.70. The normalized spacial score (nSPS) is 20.5. The van der Waals surface area contributed by atoms with Gasteiger partial charge in [0.05, 0.1) is 12.5 Å². The molecule has 1 atom stereocenters. The van der Waals surface area contributed by atoms with E-state index in [2.05, 4.69) is 10.2 Å². The summed E-state index contributed by atoms with van der Waals surface area (Å²) in [6.07, 6.45) is 1.31. The number of hydrogen-bond acceptors (Lipinski definition) is 4. The number of aryl methyl sites for hydroxylation is 1. The van der Waals surface area contributed by atoms with Crippen LogP contribution in [0.15, 0.2) is 0 Å². The van der Waals surface area contributed by atoms with Crippen molar-refractivity contribution in [3.05, 3.63) is 11.6 Å². The Kier molecular flexibility index (Phi) is 2.20. The standard InChI is InChI=1S/C8H12N4O2/c9-3-7-11-10-6-2-1-5(8(13)14)4-12(6)7/h5H,1-4,9H2,(H,13,14). The van der Waals surface area contributed by atoms with Gasteiger partial charge in [0.15, 0.2) is 0 Å². The van der Waals surface area contributed by atoms with E-state index in [9.17, 15) is 4.79 Å². The number of carboxylic acids is 1. The first-order valence-electron chi connectivity index (χ1n) is 4.56. The Hall–Kier alpha value is -1.43. The summed E-state index contributed by atoms with van der Waals surface area (Å²) in [5.74, 6) is 0.435. The zero-order chi connectivity index (χ0) is 10.1. The molecule has 0 spiro atoms. The zero-order valence-corrected chi connectivity index (χ0v) is 7.68. The highest BCUT2D eigenvalue weighted by Gasteiger charge is 2.26. The lowest BCUT2D eigenvalue weighted by Crippen LogP contribution is -2.28. The lowest BCUT2D eigenvalue weighted by Gasteiger charge is -2.20. The minimum Gasteiger partial charge on any atom is -0.481 e. The molecule has 1 aromatic rings. The summed E-state index contributed by atoms with van der Waals surface area (Å²) in [5.41, 5.74) is 5.47. The zero-order valence-electron chi connectivity index (χ0n) is 7.68. The third kappa shape index (κ3) is 1.37. The predicted molar refractivity (Wildman–Crippen MR) is 47.4 cm³/mol. The molecule has 1 aliphatic heterocycles. The van der Waals surface area contributed by atoms with Crippen LogP contribution in [0.2, 0.25) is 0 Å². The van der Waals surface area contributed by atoms with Crippen molar-refractivity contribution in [2.45, 2.75) is 25.9 Å². The number of carbonyl (C=O) groups is 1. The number of aromatic nitrogens is 3. The monoisotopic (exact) mass is 196 g/mol. The molecular formula is C8H12N4O2. The molecule has 6 nitrogen and oxygen atoms in total. The van der Waals surface area contributed by atoms with Crippen LogP contribution in [-0.2, 0) is 24.3 Å². The van der Waals surface area contributed by atoms with Gasteiger partial charge in [-0.15, -0.1) is 10.2 Å². The topological polar surface area (TPSA) is 94.0 Å². The minimum atomic E-state index is -0.757. The van der Waals surface area contributed by atoms with E-state index in [1.165, 1.54) is 0 Å². The molecule has 0 aromatic carbocycles. The molecule has 0 aliphatic carbocycles. The molecule has 2 heterocycles. The smallest absolute Gasteiger partial charge is 0.308 e. The Morgan fingerprint density at radius 2 is 2.43 bits per heavy atom. The number of aliphatic carboxylic acids is 1. The van der Waals surface area contributed by atoms with Crippen molar-refractivity contribution in [3.8, 4) is 0 Å². The Morgan fingerprint density at radius 1 is 1.64 bits per heavy atom. The number of rotatable bonds is 2. The van der Waals surface area contributed by atoms with E-state index in [-0.39, 0.29) is 5.92 Å². The van der Waals surface area contributed by atoms with Gasteiger partial charge >= 0.3 is 5.97 Å². The van der Waals surface area contributed by atoms with E-state index >= 15 is 0 Å². The third-order valence-electron chi connectivity index (χ3n) is 2.56. The van der Waals surface area contributed by atoms with E-state index in [4.69, 9.17) is 10.8 Å². The maximum Gasteiger partial charge on any atom is 0.308 e. The lowest BCUT2D eigenvalue weighted by atomic mass is 10.00. The average molecular weight is 196 g/mol. The second-order valence-corrected chi connectivity index (χ2v) is 3.42. The predicted octanol–water partition coefficient (Wildman–Crippen LogP) is -0.616. The van der Waals surface area contributed by atoms with E-state index in [1.54, 1.807) is 0 Å². The number of nitrogens with zero attached hydrogens (tertiary/aromatic N) is 3. The van der Waals surface area contributed by atoms with E-state index in [1.807, 2.05) is 4.57 Å². The Labute approximate surface area is 80.7 Å². The molecule has 1 aliphatic rings. The minimum absolute atomic E-state index is 0.305. The first-order chi connectivity index (χ1) is 6.72. The summed E-state index contributed by atoms with van der Waals surface area (Å²) in [7, 11) is 0. The summed E-state index contributed by atoms with van der Waals surface area (Å²) in [6, 6.07) is 0. The van der Waals surface area contributed by atoms with E-state index in [0.29, 0.717) is 31.8 Å². The molecule has 1 unspecified atom stereocenters. The summed E-state index contributed by atoms with van der Waals surface area (Å²) < 4.78 is 1.82. The molecule has 0 radical (unpaired) electrons. The van der Waals surface area contributed by atoms with Crippen molar-refractivity contribution >= 4 is 5.97 Å². The van der Waals surface area contributed by atoms with Gasteiger partial charge in [0.2, 0.25) is 0 Å². The van der Waals surface area contributed by atoms with Gasteiger partial charge in [-0.1, -0.05) is 0 Å². The summed E-state index contributed by atoms with van der Waals surface area (Å²) >= 11 is 0. The molecule has 3 N–H and O–H groups in total. The molecule has 0 fully saturated rings. The summed E-state index contributed by atoms with van der Waals surface area (Å²) in [4.78, 5) is 10.8. The first kappa shape index (κ1) is 9.14. The van der Waals surface area contributed by atoms with Gasteiger partial charge in [0.25, 0.3) is 0 Å². The molecule has 14 heavy (non-hydrogen) atoms. The van der Waals surface area contributed by atoms with Gasteiger partial charge < -0.3 is 15.4 Å². The van der Waals surface area contributed by atoms with Crippen molar-refractivity contribution < 1.29 is 9.90 Å². The van der Waals surface area contributed by atoms with Crippen LogP contribution in [0.3, 0.4) is 0 Å². The number of nitrogens with two attached hydrogens (primary N) is 1. The van der Waals surface area contributed by atoms with Crippen LogP contribution in [0, 0.1) is 5.92 Å². The van der Waals surface area contributed by atoms with Gasteiger partial charge in [0, 0.05) is 13.0 Å². The second kappa shape index (κ2) is 3.38. The van der Waals surface area contributed by atoms with Crippen molar-refractivity contribution in [3.63, 3.8) is 0 Å². The Morgan fingerprint density at radius 3 is 3.07 bits per heavy atom. The lowest BCUT2D eigenvalue weighted by molar-refractivity contribution is -0.142. The van der Waals surface area contributed by atoms with Crippen LogP contribution in [0.25, 0.3) is 0 Å². The van der Waals surface area contributed by atoms with Gasteiger partial charge in [-0.05, 0) is 6.42 Å². The van der Waals surface area contributed by atoms with Crippen molar-refractivity contribution in [1.29, 1.82) is 0 Å². The van der Waals surface area contributed by atoms with Crippen LogP contribution in [-0.4, -0.2) is 25.8 Å². The SMILES string of the molecule is NCc1nnc2n1CC(C(=O)O)CC2. The van der Waals surface area contributed by atoms with Crippen LogP contribution < -0.4 is 5.73 Å². The van der Waals surface area contributed by atoms with Crippen molar-refractivity contribution in [2.75, 3.05) is 0 Å². The Balaban J connectivity index is 2.27. The highest BCUT2D eigenvalue weighted by Crippen LogP contribution is 2.19. The summed E-state index contributed by atoms with van der Waals surface area (Å²) in [6.45, 7) is 0.754. The second-order valence-electron chi connectivity index (χ2n) is 3.42. The van der Waals surface area contributed by atoms with Crippen molar-refractivity contribution in [1.82, 2.24) is 14.8 Å². The van der Waals surface area contributed by atoms with Gasteiger partial charge in [0.1, 0.15) is 11.6 Å². The maximum absolute atomic E-state index is 10.8. The fourth-order valence-corrected chi connectivity index (χ4v) is 1.74. The third-order valence-corrected chi connectivity index (χ3v) is 2.56. The molecule has 0 saturated carbocycles. The van der Waals surface area contributed by atoms with Gasteiger partial charge in [-0.25, -0.2) is 0 Å². The van der Waals surface area contributed by atoms with Gasteiger partial charge in [-0.3, -0.25) is 4.79 Å².